The number of alkyl halides is 8. The molecule has 1 aromatic heterocycles. The summed E-state index contributed by atoms with van der Waals surface area (Å²) in [4.78, 5) is 116. The van der Waals surface area contributed by atoms with Crippen molar-refractivity contribution >= 4 is 78.3 Å². The minimum atomic E-state index is -3.45. The summed E-state index contributed by atoms with van der Waals surface area (Å²) < 4.78 is 165. The first kappa shape index (κ1) is 97.8. The van der Waals surface area contributed by atoms with Crippen molar-refractivity contribution in [3.63, 3.8) is 0 Å². The van der Waals surface area contributed by atoms with E-state index < -0.39 is 152 Å². The maximum absolute atomic E-state index is 14.1. The summed E-state index contributed by atoms with van der Waals surface area (Å²) in [5.41, 5.74) is 5.83. The van der Waals surface area contributed by atoms with Gasteiger partial charge >= 0.3 is 61.8 Å². The third-order valence-electron chi connectivity index (χ3n) is 15.7. The highest BCUT2D eigenvalue weighted by Crippen LogP contribution is 2.48. The van der Waals surface area contributed by atoms with Gasteiger partial charge in [0, 0.05) is 87.6 Å². The van der Waals surface area contributed by atoms with Gasteiger partial charge in [-0.2, -0.15) is 22.8 Å². The van der Waals surface area contributed by atoms with Crippen LogP contribution in [-0.2, 0) is 70.7 Å². The molecule has 38 heteroatoms. The molecule has 0 radical (unpaired) electrons. The molecule has 5 fully saturated rings. The first-order valence-corrected chi connectivity index (χ1v) is 37.6. The van der Waals surface area contributed by atoms with Crippen LogP contribution in [0.5, 0.6) is 0 Å². The zero-order chi connectivity index (χ0) is 84.4. The number of rotatable bonds is 15. The van der Waals surface area contributed by atoms with Gasteiger partial charge in [-0.25, -0.2) is 41.5 Å². The van der Waals surface area contributed by atoms with Crippen molar-refractivity contribution in [2.24, 2.45) is 23.5 Å². The summed E-state index contributed by atoms with van der Waals surface area (Å²) in [6.45, 7) is 30.3. The molecule has 29 nitrogen and oxygen atoms in total. The number of Topliss-reactive ketones (excluding diaryl/α,β-unsaturated/α-hetero) is 1. The van der Waals surface area contributed by atoms with Crippen molar-refractivity contribution in [2.45, 2.75) is 215 Å². The first-order chi connectivity index (χ1) is 50.5. The van der Waals surface area contributed by atoms with E-state index in [9.17, 15) is 82.8 Å². The smallest absolute Gasteiger partial charge is 0.410 e. The van der Waals surface area contributed by atoms with E-state index in [0.29, 0.717) is 17.0 Å². The number of carbonyl (C=O) groups excluding carboxylic acids is 8. The fraction of sp³-hybridized carbons (Fsp3) is 0.722. The molecule has 5 aliphatic rings. The van der Waals surface area contributed by atoms with Crippen LogP contribution in [-0.4, -0.2) is 245 Å². The highest BCUT2D eigenvalue weighted by atomic mass is 31.2. The van der Waals surface area contributed by atoms with Gasteiger partial charge < -0.3 is 77.5 Å². The van der Waals surface area contributed by atoms with Crippen LogP contribution in [0.2, 0.25) is 0 Å². The van der Waals surface area contributed by atoms with E-state index in [0.717, 1.165) is 50.0 Å². The summed E-state index contributed by atoms with van der Waals surface area (Å²) in [5, 5.41) is 17.7. The van der Waals surface area contributed by atoms with E-state index in [2.05, 4.69) is 37.3 Å². The van der Waals surface area contributed by atoms with E-state index >= 15 is 0 Å². The number of amides is 4. The Hall–Kier alpha value is -8.23. The van der Waals surface area contributed by atoms with Gasteiger partial charge in [0.2, 0.25) is 5.78 Å². The highest BCUT2D eigenvalue weighted by molar-refractivity contribution is 7.54. The second-order valence-corrected chi connectivity index (χ2v) is 32.0. The number of anilines is 1. The number of fused-ring (bicyclic) bond motifs is 1. The normalized spacial score (nSPS) is 20.4. The van der Waals surface area contributed by atoms with Crippen molar-refractivity contribution in [1.82, 2.24) is 29.6 Å². The molecule has 5 aliphatic heterocycles. The minimum Gasteiger partial charge on any atom is -0.481 e. The summed E-state index contributed by atoms with van der Waals surface area (Å²) in [7, 11) is -3.28. The number of ketones is 1. The molecule has 7 rings (SSSR count). The third kappa shape index (κ3) is 34.6. The van der Waals surface area contributed by atoms with Crippen molar-refractivity contribution in [3.8, 4) is 6.07 Å². The molecule has 2 unspecified atom stereocenters. The predicted molar refractivity (Wildman–Crippen MR) is 386 cm³/mol. The number of ether oxygens (including phenoxy) is 7. The van der Waals surface area contributed by atoms with Gasteiger partial charge in [-0.05, 0) is 155 Å². The number of piperidine rings is 4. The number of halogens is 8. The van der Waals surface area contributed by atoms with Crippen molar-refractivity contribution in [1.29, 1.82) is 5.26 Å². The monoisotopic (exact) mass is 1600 g/mol. The maximum atomic E-state index is 14.1. The molecular weight excluding hydrogens is 1490 g/mol. The molecule has 4 atom stereocenters. The van der Waals surface area contributed by atoms with Gasteiger partial charge in [0.25, 0.3) is 17.8 Å². The van der Waals surface area contributed by atoms with Crippen molar-refractivity contribution < 1.29 is 130 Å². The van der Waals surface area contributed by atoms with E-state index in [-0.39, 0.29) is 109 Å². The second kappa shape index (κ2) is 42.4. The zero-order valence-electron chi connectivity index (χ0n) is 66.1. The largest absolute Gasteiger partial charge is 0.481 e. The Kier molecular flexibility index (Phi) is 37.7. The molecular formula is C72H110F8N9O20P. The lowest BCUT2D eigenvalue weighted by molar-refractivity contribution is -0.154. The fourth-order valence-electron chi connectivity index (χ4n) is 10.7. The van der Waals surface area contributed by atoms with Crippen molar-refractivity contribution in [2.75, 3.05) is 110 Å². The number of benzene rings is 1. The lowest BCUT2D eigenvalue weighted by Gasteiger charge is -2.38. The molecule has 0 saturated carbocycles. The van der Waals surface area contributed by atoms with E-state index in [1.165, 1.54) is 0 Å². The number of carboxylic acid groups (broad SMARTS) is 1. The number of aromatic nitrogens is 2. The first-order valence-electron chi connectivity index (χ1n) is 35.9. The van der Waals surface area contributed by atoms with E-state index in [4.69, 9.17) is 48.8 Å². The van der Waals surface area contributed by atoms with Gasteiger partial charge in [-0.15, -0.1) is 0 Å². The van der Waals surface area contributed by atoms with Crippen LogP contribution in [0.3, 0.4) is 0 Å². The number of hydrogen-bond donors (Lipinski definition) is 2. The standard InChI is InChI=1S/C14H23F2NO4.C14H21F2NO4.C14H15N5.C12H19F2NO4.C10H15F2NO3.C8H17O5P/c2*1-5-20-11(18)8-10-6-7-17(9-14(10,15)16)12(19)21-13(2,3)4;1-9-7-19(8-11(9)16)12-3-2-10(6-15)13-14(12)18-5-4-17-13;1-11(2,3)19-10(18)15-5-4-8(6-9(16)17)12(13,14)7-15;1-9(2,3)16-8(15)13-5-4-7(14)10(11,12)6-13;1-4-11-8(9)7-14(10,12-5-2)13-6-3/h10H,5-9H2,1-4H3;8H,5-7,9H2,1-4H3;2-5,9,11H,7-8,16H2,1H3;8H,4-7H2,1-3H3,(H,16,17);4-6H2,1-3H3;4-7H2,1-3H3/b;10-8-;;;;/t;;9-,11+;;;/m..1.../s1. The third-order valence-corrected chi connectivity index (χ3v) is 17.7. The van der Waals surface area contributed by atoms with Crippen LogP contribution in [0.15, 0.2) is 36.2 Å². The van der Waals surface area contributed by atoms with Crippen LogP contribution in [0.25, 0.3) is 11.0 Å². The number of nitriles is 1. The quantitative estimate of drug-likeness (QED) is 0.0550. The summed E-state index contributed by atoms with van der Waals surface area (Å²) in [6.07, 6.45) is -0.690. The predicted octanol–water partition coefficient (Wildman–Crippen LogP) is 12.9. The number of esters is 3. The van der Waals surface area contributed by atoms with Crippen molar-refractivity contribution in [3.05, 3.63) is 41.7 Å². The van der Waals surface area contributed by atoms with Gasteiger partial charge in [-0.1, -0.05) is 6.92 Å². The van der Waals surface area contributed by atoms with Gasteiger partial charge in [0.15, 0.2) is 0 Å². The Balaban J connectivity index is 0.000000450. The molecule has 0 bridgehead atoms. The summed E-state index contributed by atoms with van der Waals surface area (Å²) in [5.74, 6) is -19.3. The topological polar surface area (TPSA) is 366 Å². The summed E-state index contributed by atoms with van der Waals surface area (Å²) in [6, 6.07) is 6.09. The molecule has 1 aromatic carbocycles. The molecule has 4 amide bonds. The number of aliphatic carboxylic acids is 1. The molecule has 624 valence electrons. The second-order valence-electron chi connectivity index (χ2n) is 29.9. The SMILES string of the molecule is CC(C)(C)OC(=O)N1CCC(=O)C(F)(F)C1.CC(C)(C)OC(=O)N1CCC(CC(=O)O)C(F)(F)C1.CCOC(=O)/C=C1/CCN(C(=O)OC(C)(C)C)CC1(F)F.CCOC(=O)CC1CCN(C(=O)OC(C)(C)C)CC1(F)F.CCOC(=O)CP(=O)(OCC)OCC.C[C@@H]1CN(c2ccc(C#N)c3nccnc23)C[C@@H]1N. The number of hydrogen-bond acceptors (Lipinski definition) is 24. The molecule has 3 N–H and O–H groups in total. The van der Waals surface area contributed by atoms with Crippen LogP contribution in [0.1, 0.15) is 169 Å². The Morgan fingerprint density at radius 1 is 0.582 bits per heavy atom. The molecule has 0 spiro atoms. The lowest BCUT2D eigenvalue weighted by atomic mass is 9.90. The number of nitrogens with zero attached hydrogens (tertiary/aromatic N) is 8. The van der Waals surface area contributed by atoms with Crippen LogP contribution in [0, 0.1) is 29.1 Å². The Morgan fingerprint density at radius 3 is 1.36 bits per heavy atom. The number of carboxylic acids is 1. The van der Waals surface area contributed by atoms with Crippen LogP contribution < -0.4 is 10.6 Å². The maximum Gasteiger partial charge on any atom is 0.410 e. The molecule has 0 aliphatic carbocycles. The Bertz CT molecular complexity index is 3520. The number of likely N-dealkylation sites (tertiary alicyclic amines) is 4. The van der Waals surface area contributed by atoms with Gasteiger partial charge in [-0.3, -0.25) is 33.7 Å². The van der Waals surface area contributed by atoms with Crippen LogP contribution >= 0.6 is 7.60 Å². The average molecular weight is 1600 g/mol. The molecule has 5 saturated heterocycles. The molecule has 6 heterocycles. The van der Waals surface area contributed by atoms with E-state index in [1.807, 2.05) is 6.07 Å². The highest BCUT2D eigenvalue weighted by Gasteiger charge is 2.50. The number of nitrogens with two attached hydrogens (primary N) is 1. The van der Waals surface area contributed by atoms with Gasteiger partial charge in [0.05, 0.1) is 83.3 Å². The Labute approximate surface area is 637 Å². The Morgan fingerprint density at radius 2 is 0.991 bits per heavy atom. The van der Waals surface area contributed by atoms with Gasteiger partial charge in [0.1, 0.15) is 45.7 Å². The lowest BCUT2D eigenvalue weighted by Crippen LogP contribution is -2.52. The zero-order valence-corrected chi connectivity index (χ0v) is 67.0. The average Bonchev–Trinajstić information content (AvgIpc) is 1.39. The molecule has 110 heavy (non-hydrogen) atoms. The van der Waals surface area contributed by atoms with Crippen LogP contribution in [0.4, 0.5) is 60.0 Å². The fourth-order valence-corrected chi connectivity index (χ4v) is 12.1. The summed E-state index contributed by atoms with van der Waals surface area (Å²) >= 11 is 0. The number of carbonyl (C=O) groups is 9. The molecule has 2 aromatic rings. The van der Waals surface area contributed by atoms with E-state index in [1.54, 1.807) is 136 Å². The minimum absolute atomic E-state index is 0.0106.